The van der Waals surface area contributed by atoms with Crippen LogP contribution in [0.1, 0.15) is 26.7 Å². The van der Waals surface area contributed by atoms with Gasteiger partial charge in [-0.25, -0.2) is 9.78 Å². The van der Waals surface area contributed by atoms with E-state index in [0.717, 1.165) is 19.4 Å². The van der Waals surface area contributed by atoms with Gasteiger partial charge in [-0.2, -0.15) is 0 Å². The van der Waals surface area contributed by atoms with Gasteiger partial charge in [0.1, 0.15) is 0 Å². The highest BCUT2D eigenvalue weighted by atomic mass is 35.5. The zero-order valence-electron chi connectivity index (χ0n) is 12.2. The SMILES string of the molecule is CC1(C)[C@H](NC(=O)Nc2cccnc2Cl)[C@@H]2CCCO[C@@H]21. The molecule has 0 aromatic carbocycles. The molecule has 5 nitrogen and oxygen atoms in total. The highest BCUT2D eigenvalue weighted by Crippen LogP contribution is 2.51. The van der Waals surface area contributed by atoms with Crippen LogP contribution in [-0.4, -0.2) is 29.8 Å². The summed E-state index contributed by atoms with van der Waals surface area (Å²) in [4.78, 5) is 16.1. The number of hydrogen-bond acceptors (Lipinski definition) is 3. The second-order valence-corrected chi connectivity index (χ2v) is 6.69. The number of pyridine rings is 1. The maximum atomic E-state index is 12.2. The zero-order valence-corrected chi connectivity index (χ0v) is 13.0. The molecule has 2 heterocycles. The number of urea groups is 1. The molecule has 1 aromatic rings. The van der Waals surface area contributed by atoms with Crippen molar-refractivity contribution in [3.05, 3.63) is 23.5 Å². The Balaban J connectivity index is 1.64. The first-order chi connectivity index (χ1) is 10.00. The summed E-state index contributed by atoms with van der Waals surface area (Å²) in [6, 6.07) is 3.35. The van der Waals surface area contributed by atoms with Gasteiger partial charge < -0.3 is 15.4 Å². The van der Waals surface area contributed by atoms with Crippen LogP contribution in [0.3, 0.4) is 0 Å². The maximum Gasteiger partial charge on any atom is 0.319 e. The van der Waals surface area contributed by atoms with Crippen LogP contribution in [0.2, 0.25) is 5.15 Å². The normalized spacial score (nSPS) is 30.0. The molecule has 6 heteroatoms. The van der Waals surface area contributed by atoms with E-state index < -0.39 is 0 Å². The quantitative estimate of drug-likeness (QED) is 0.825. The number of halogens is 1. The smallest absolute Gasteiger partial charge is 0.319 e. The second kappa shape index (κ2) is 5.46. The summed E-state index contributed by atoms with van der Waals surface area (Å²) in [5.41, 5.74) is 0.478. The molecule has 2 fully saturated rings. The highest BCUT2D eigenvalue weighted by Gasteiger charge is 2.58. The molecule has 2 N–H and O–H groups in total. The van der Waals surface area contributed by atoms with E-state index in [1.165, 1.54) is 0 Å². The average molecular weight is 310 g/mol. The number of ether oxygens (including phenoxy) is 1. The molecule has 0 bridgehead atoms. The van der Waals surface area contributed by atoms with Crippen molar-refractivity contribution in [2.45, 2.75) is 38.8 Å². The Morgan fingerprint density at radius 1 is 1.52 bits per heavy atom. The number of amides is 2. The lowest BCUT2D eigenvalue weighted by Gasteiger charge is -2.59. The van der Waals surface area contributed by atoms with E-state index >= 15 is 0 Å². The molecule has 1 aliphatic carbocycles. The average Bonchev–Trinajstić information content (AvgIpc) is 2.47. The molecule has 0 unspecified atom stereocenters. The van der Waals surface area contributed by atoms with E-state index in [-0.39, 0.29) is 23.6 Å². The third-order valence-electron chi connectivity index (χ3n) is 4.62. The Morgan fingerprint density at radius 2 is 2.33 bits per heavy atom. The van der Waals surface area contributed by atoms with Crippen LogP contribution >= 0.6 is 11.6 Å². The van der Waals surface area contributed by atoms with Crippen LogP contribution in [0.25, 0.3) is 0 Å². The topological polar surface area (TPSA) is 63.2 Å². The predicted molar refractivity (Wildman–Crippen MR) is 81.4 cm³/mol. The Labute approximate surface area is 129 Å². The first-order valence-electron chi connectivity index (χ1n) is 7.30. The molecule has 0 radical (unpaired) electrons. The number of hydrogen-bond donors (Lipinski definition) is 2. The first-order valence-corrected chi connectivity index (χ1v) is 7.67. The highest BCUT2D eigenvalue weighted by molar-refractivity contribution is 6.32. The predicted octanol–water partition coefficient (Wildman–Crippen LogP) is 3.06. The monoisotopic (exact) mass is 309 g/mol. The van der Waals surface area contributed by atoms with E-state index in [2.05, 4.69) is 29.5 Å². The van der Waals surface area contributed by atoms with Crippen LogP contribution in [0, 0.1) is 11.3 Å². The van der Waals surface area contributed by atoms with Crippen LogP contribution in [-0.2, 0) is 4.74 Å². The lowest BCUT2D eigenvalue weighted by Crippen LogP contribution is -2.70. The summed E-state index contributed by atoms with van der Waals surface area (Å²) < 4.78 is 5.84. The fourth-order valence-corrected chi connectivity index (χ4v) is 3.76. The molecule has 1 aliphatic heterocycles. The minimum Gasteiger partial charge on any atom is -0.377 e. The van der Waals surface area contributed by atoms with E-state index in [4.69, 9.17) is 16.3 Å². The largest absolute Gasteiger partial charge is 0.377 e. The fourth-order valence-electron chi connectivity index (χ4n) is 3.59. The Bertz CT molecular complexity index is 549. The van der Waals surface area contributed by atoms with Crippen molar-refractivity contribution >= 4 is 23.3 Å². The maximum absolute atomic E-state index is 12.2. The molecular weight excluding hydrogens is 290 g/mol. The van der Waals surface area contributed by atoms with E-state index in [1.807, 2.05) is 0 Å². The van der Waals surface area contributed by atoms with Crippen LogP contribution in [0.5, 0.6) is 0 Å². The number of nitrogens with zero attached hydrogens (tertiary/aromatic N) is 1. The van der Waals surface area contributed by atoms with Gasteiger partial charge in [0.15, 0.2) is 5.15 Å². The summed E-state index contributed by atoms with van der Waals surface area (Å²) in [5.74, 6) is 0.406. The molecule has 1 aromatic heterocycles. The Kier molecular flexibility index (Phi) is 3.80. The van der Waals surface area contributed by atoms with Crippen molar-refractivity contribution in [1.82, 2.24) is 10.3 Å². The van der Waals surface area contributed by atoms with Crippen molar-refractivity contribution in [1.29, 1.82) is 0 Å². The number of carbonyl (C=O) groups is 1. The Hall–Kier alpha value is -1.33. The summed E-state index contributed by atoms with van der Waals surface area (Å²) in [6.07, 6.45) is 4.00. The number of anilines is 1. The van der Waals surface area contributed by atoms with Crippen molar-refractivity contribution in [3.8, 4) is 0 Å². The molecule has 3 rings (SSSR count). The van der Waals surface area contributed by atoms with Gasteiger partial charge in [-0.15, -0.1) is 0 Å². The second-order valence-electron chi connectivity index (χ2n) is 6.34. The van der Waals surface area contributed by atoms with Crippen LogP contribution < -0.4 is 10.6 Å². The third-order valence-corrected chi connectivity index (χ3v) is 4.93. The van der Waals surface area contributed by atoms with Crippen molar-refractivity contribution in [2.75, 3.05) is 11.9 Å². The molecule has 0 spiro atoms. The summed E-state index contributed by atoms with van der Waals surface area (Å²) in [6.45, 7) is 5.11. The van der Waals surface area contributed by atoms with E-state index in [9.17, 15) is 4.79 Å². The number of fused-ring (bicyclic) bond motifs is 1. The van der Waals surface area contributed by atoms with Gasteiger partial charge in [-0.05, 0) is 25.0 Å². The minimum absolute atomic E-state index is 0.0405. The summed E-state index contributed by atoms with van der Waals surface area (Å²) in [5, 5.41) is 6.11. The third kappa shape index (κ3) is 2.60. The van der Waals surface area contributed by atoms with Gasteiger partial charge in [-0.1, -0.05) is 25.4 Å². The number of carbonyl (C=O) groups excluding carboxylic acids is 1. The van der Waals surface area contributed by atoms with Gasteiger partial charge in [0.2, 0.25) is 0 Å². The fraction of sp³-hybridized carbons (Fsp3) is 0.600. The molecular formula is C15H20ClN3O2. The number of nitrogens with one attached hydrogen (secondary N) is 2. The van der Waals surface area contributed by atoms with Crippen molar-refractivity contribution in [3.63, 3.8) is 0 Å². The lowest BCUT2D eigenvalue weighted by molar-refractivity contribution is -0.189. The molecule has 1 saturated heterocycles. The number of aromatic nitrogens is 1. The Morgan fingerprint density at radius 3 is 3.10 bits per heavy atom. The van der Waals surface area contributed by atoms with Gasteiger partial charge in [0.05, 0.1) is 11.8 Å². The molecule has 1 saturated carbocycles. The first kappa shape index (κ1) is 14.6. The van der Waals surface area contributed by atoms with E-state index in [0.29, 0.717) is 16.8 Å². The molecule has 2 amide bonds. The van der Waals surface area contributed by atoms with Crippen molar-refractivity contribution < 1.29 is 9.53 Å². The van der Waals surface area contributed by atoms with Crippen LogP contribution in [0.15, 0.2) is 18.3 Å². The summed E-state index contributed by atoms with van der Waals surface area (Å²) in [7, 11) is 0. The minimum atomic E-state index is -0.244. The molecule has 3 atom stereocenters. The zero-order chi connectivity index (χ0) is 15.0. The van der Waals surface area contributed by atoms with Crippen LogP contribution in [0.4, 0.5) is 10.5 Å². The molecule has 2 aliphatic rings. The van der Waals surface area contributed by atoms with Crippen molar-refractivity contribution in [2.24, 2.45) is 11.3 Å². The number of rotatable bonds is 2. The standard InChI is InChI=1S/C15H20ClN3O2/c1-15(2)11(9-5-4-8-21-12(9)15)19-14(20)18-10-6-3-7-17-13(10)16/h3,6-7,9,11-12H,4-5,8H2,1-2H3,(H2,18,19,20)/t9-,11+,12-/m0/s1. The van der Waals surface area contributed by atoms with E-state index in [1.54, 1.807) is 18.3 Å². The van der Waals surface area contributed by atoms with Gasteiger partial charge in [0.25, 0.3) is 0 Å². The lowest BCUT2D eigenvalue weighted by atomic mass is 9.55. The molecule has 114 valence electrons. The summed E-state index contributed by atoms with van der Waals surface area (Å²) >= 11 is 5.95. The van der Waals surface area contributed by atoms with Gasteiger partial charge in [0, 0.05) is 30.2 Å². The van der Waals surface area contributed by atoms with Gasteiger partial charge in [-0.3, -0.25) is 0 Å². The molecule has 21 heavy (non-hydrogen) atoms. The van der Waals surface area contributed by atoms with Gasteiger partial charge >= 0.3 is 6.03 Å².